The molecule has 0 spiro atoms. The Morgan fingerprint density at radius 1 is 0.474 bits per heavy atom. The number of rotatable bonds is 2. The summed E-state index contributed by atoms with van der Waals surface area (Å²) >= 11 is 0. The Balaban J connectivity index is 0.00000133. The number of benzene rings is 3. The van der Waals surface area contributed by atoms with E-state index < -0.39 is 0 Å². The van der Waals surface area contributed by atoms with Crippen LogP contribution < -0.4 is 0 Å². The van der Waals surface area contributed by atoms with Gasteiger partial charge in [0.25, 0.3) is 0 Å². The van der Waals surface area contributed by atoms with Crippen LogP contribution in [0.4, 0.5) is 0 Å². The van der Waals surface area contributed by atoms with Gasteiger partial charge >= 0.3 is 0 Å². The molecule has 0 amide bonds. The molecule has 0 fully saturated rings. The molecular weight excluding hydrogens is 305 g/mol. The molecule has 0 saturated carbocycles. The van der Waals surface area contributed by atoms with Crippen molar-refractivity contribution in [3.8, 4) is 22.3 Å². The van der Waals surface area contributed by atoms with E-state index in [0.717, 1.165) is 0 Å². The second-order valence-electron chi connectivity index (χ2n) is 4.23. The minimum atomic E-state index is 0. The van der Waals surface area contributed by atoms with Crippen LogP contribution in [0.3, 0.4) is 0 Å². The summed E-state index contributed by atoms with van der Waals surface area (Å²) in [7, 11) is 0. The van der Waals surface area contributed by atoms with Gasteiger partial charge in [-0.1, -0.05) is 54.6 Å². The molecule has 89 valence electrons. The van der Waals surface area contributed by atoms with E-state index >= 15 is 0 Å². The second-order valence-corrected chi connectivity index (χ2v) is 4.23. The van der Waals surface area contributed by atoms with E-state index in [4.69, 9.17) is 0 Å². The third kappa shape index (κ3) is 3.40. The minimum absolute atomic E-state index is 0. The number of hydrogen-bond donors (Lipinski definition) is 0. The Bertz CT molecular complexity index is 554. The third-order valence-electron chi connectivity index (χ3n) is 3.04. The van der Waals surface area contributed by atoms with Gasteiger partial charge in [-0.15, -0.1) is 5.56 Å². The van der Waals surface area contributed by atoms with Crippen molar-refractivity contribution in [2.24, 2.45) is 0 Å². The standard InChI is InChI=1S/C18H13.Y/c1-3-7-15(8-4-1)17-11-13-18(14-12-17)16-9-5-2-6-10-16;/h1,3-14H;/q-1;. The third-order valence-corrected chi connectivity index (χ3v) is 3.04. The Morgan fingerprint density at radius 2 is 0.895 bits per heavy atom. The Morgan fingerprint density at radius 3 is 1.42 bits per heavy atom. The average molecular weight is 318 g/mol. The largest absolute Gasteiger partial charge is 0.184 e. The van der Waals surface area contributed by atoms with Crippen LogP contribution >= 0.6 is 0 Å². The van der Waals surface area contributed by atoms with Crippen molar-refractivity contribution in [3.05, 3.63) is 84.9 Å². The Hall–Kier alpha value is -1.24. The molecule has 3 aromatic carbocycles. The maximum atomic E-state index is 3.04. The van der Waals surface area contributed by atoms with Crippen molar-refractivity contribution in [1.29, 1.82) is 0 Å². The summed E-state index contributed by atoms with van der Waals surface area (Å²) < 4.78 is 0. The van der Waals surface area contributed by atoms with Gasteiger partial charge in [-0.05, 0) is 16.7 Å². The van der Waals surface area contributed by atoms with E-state index in [1.54, 1.807) is 0 Å². The van der Waals surface area contributed by atoms with E-state index in [2.05, 4.69) is 66.7 Å². The van der Waals surface area contributed by atoms with Gasteiger partial charge in [-0.3, -0.25) is 0 Å². The normalized spacial score (nSPS) is 9.68. The molecule has 3 aromatic rings. The van der Waals surface area contributed by atoms with Crippen molar-refractivity contribution < 1.29 is 32.7 Å². The summed E-state index contributed by atoms with van der Waals surface area (Å²) in [5.41, 5.74) is 4.98. The van der Waals surface area contributed by atoms with Gasteiger partial charge in [0.15, 0.2) is 0 Å². The summed E-state index contributed by atoms with van der Waals surface area (Å²) in [6.07, 6.45) is 0. The first-order valence-electron chi connectivity index (χ1n) is 6.05. The summed E-state index contributed by atoms with van der Waals surface area (Å²) in [5, 5.41) is 0. The Labute approximate surface area is 139 Å². The van der Waals surface area contributed by atoms with Gasteiger partial charge < -0.3 is 0 Å². The van der Waals surface area contributed by atoms with Crippen LogP contribution in [0.2, 0.25) is 0 Å². The van der Waals surface area contributed by atoms with Crippen LogP contribution in [0.1, 0.15) is 0 Å². The number of hydrogen-bond acceptors (Lipinski definition) is 0. The summed E-state index contributed by atoms with van der Waals surface area (Å²) in [6.45, 7) is 0. The first-order valence-corrected chi connectivity index (χ1v) is 6.05. The molecule has 0 N–H and O–H groups in total. The van der Waals surface area contributed by atoms with Crippen molar-refractivity contribution in [3.63, 3.8) is 0 Å². The van der Waals surface area contributed by atoms with E-state index in [1.165, 1.54) is 22.3 Å². The molecule has 0 heterocycles. The van der Waals surface area contributed by atoms with Crippen molar-refractivity contribution >= 4 is 0 Å². The maximum absolute atomic E-state index is 3.04. The maximum Gasteiger partial charge on any atom is 0 e. The van der Waals surface area contributed by atoms with Crippen molar-refractivity contribution in [2.45, 2.75) is 0 Å². The summed E-state index contributed by atoms with van der Waals surface area (Å²) in [5.74, 6) is 0. The molecule has 0 aliphatic carbocycles. The second kappa shape index (κ2) is 6.79. The molecular formula is C18H13Y-. The molecule has 0 saturated heterocycles. The smallest absolute Gasteiger partial charge is 0 e. The molecule has 0 bridgehead atoms. The molecule has 1 radical (unpaired) electrons. The molecule has 0 atom stereocenters. The molecule has 0 nitrogen and oxygen atoms in total. The van der Waals surface area contributed by atoms with E-state index in [-0.39, 0.29) is 32.7 Å². The Kier molecular flexibility index (Phi) is 5.07. The zero-order valence-corrected chi connectivity index (χ0v) is 13.4. The summed E-state index contributed by atoms with van der Waals surface area (Å²) in [6, 6.07) is 30.2. The van der Waals surface area contributed by atoms with Gasteiger partial charge in [-0.2, -0.15) is 30.3 Å². The topological polar surface area (TPSA) is 0 Å². The van der Waals surface area contributed by atoms with Gasteiger partial charge in [0.05, 0.1) is 0 Å². The average Bonchev–Trinajstić information content (AvgIpc) is 2.49. The molecule has 1 heteroatoms. The van der Waals surface area contributed by atoms with Crippen LogP contribution in [0.15, 0.2) is 78.9 Å². The fourth-order valence-electron chi connectivity index (χ4n) is 2.07. The van der Waals surface area contributed by atoms with Gasteiger partial charge in [0, 0.05) is 32.7 Å². The molecule has 0 aliphatic heterocycles. The van der Waals surface area contributed by atoms with Crippen molar-refractivity contribution in [1.82, 2.24) is 0 Å². The van der Waals surface area contributed by atoms with Crippen LogP contribution in [0.5, 0.6) is 0 Å². The van der Waals surface area contributed by atoms with Crippen molar-refractivity contribution in [2.75, 3.05) is 0 Å². The fraction of sp³-hybridized carbons (Fsp3) is 0. The van der Waals surface area contributed by atoms with Crippen LogP contribution in [-0.4, -0.2) is 0 Å². The van der Waals surface area contributed by atoms with E-state index in [1.807, 2.05) is 18.2 Å². The zero-order valence-electron chi connectivity index (χ0n) is 10.6. The van der Waals surface area contributed by atoms with Crippen LogP contribution in [-0.2, 0) is 32.7 Å². The fourth-order valence-corrected chi connectivity index (χ4v) is 2.07. The first-order chi connectivity index (χ1) is 8.93. The predicted octanol–water partition coefficient (Wildman–Crippen LogP) is 4.82. The van der Waals surface area contributed by atoms with Crippen LogP contribution in [0.25, 0.3) is 22.3 Å². The van der Waals surface area contributed by atoms with E-state index in [9.17, 15) is 0 Å². The van der Waals surface area contributed by atoms with Gasteiger partial charge in [0.1, 0.15) is 0 Å². The quantitative estimate of drug-likeness (QED) is 0.594. The molecule has 0 unspecified atom stereocenters. The molecule has 3 rings (SSSR count). The van der Waals surface area contributed by atoms with Gasteiger partial charge in [0.2, 0.25) is 0 Å². The summed E-state index contributed by atoms with van der Waals surface area (Å²) in [4.78, 5) is 0. The minimum Gasteiger partial charge on any atom is -0.184 e. The first kappa shape index (κ1) is 14.2. The molecule has 0 aromatic heterocycles. The van der Waals surface area contributed by atoms with Crippen LogP contribution in [0, 0.1) is 6.07 Å². The van der Waals surface area contributed by atoms with Gasteiger partial charge in [-0.25, -0.2) is 0 Å². The SMILES string of the molecule is [Y].[c-]1ccc(-c2ccc(-c3ccccc3)cc2)cc1. The molecule has 19 heavy (non-hydrogen) atoms. The zero-order chi connectivity index (χ0) is 12.2. The van der Waals surface area contributed by atoms with E-state index in [0.29, 0.717) is 0 Å². The molecule has 0 aliphatic rings. The predicted molar refractivity (Wildman–Crippen MR) is 76.2 cm³/mol. The monoisotopic (exact) mass is 318 g/mol.